The summed E-state index contributed by atoms with van der Waals surface area (Å²) in [7, 11) is 0. The molecule has 2 N–H and O–H groups in total. The molecule has 6 unspecified atom stereocenters. The van der Waals surface area contributed by atoms with Gasteiger partial charge in [-0.15, -0.1) is 0 Å². The molecule has 4 fully saturated rings. The second-order valence-corrected chi connectivity index (χ2v) is 10.8. The Kier molecular flexibility index (Phi) is 3.56. The zero-order valence-electron chi connectivity index (χ0n) is 17.5. The number of nitrogens with two attached hydrogens (primary N) is 1. The molecule has 3 heteroatoms. The summed E-state index contributed by atoms with van der Waals surface area (Å²) >= 11 is 0. The van der Waals surface area contributed by atoms with Crippen molar-refractivity contribution < 1.29 is 9.53 Å². The van der Waals surface area contributed by atoms with Crippen LogP contribution in [0.1, 0.15) is 78.1 Å². The van der Waals surface area contributed by atoms with Gasteiger partial charge in [0.2, 0.25) is 0 Å². The van der Waals surface area contributed by atoms with Crippen LogP contribution in [-0.2, 0) is 9.53 Å². The average Bonchev–Trinajstić information content (AvgIpc) is 3.34. The van der Waals surface area contributed by atoms with Crippen molar-refractivity contribution >= 4 is 5.97 Å². The molecule has 1 aliphatic heterocycles. The van der Waals surface area contributed by atoms with E-state index in [1.54, 1.807) is 11.1 Å². The molecular weight excluding hydrogens is 346 g/mol. The van der Waals surface area contributed by atoms with Crippen LogP contribution >= 0.6 is 0 Å². The summed E-state index contributed by atoms with van der Waals surface area (Å²) < 4.78 is 6.32. The van der Waals surface area contributed by atoms with Gasteiger partial charge < -0.3 is 10.5 Å². The molecule has 0 aromatic rings. The molecule has 0 bridgehead atoms. The van der Waals surface area contributed by atoms with Gasteiger partial charge in [0.1, 0.15) is 5.60 Å². The fourth-order valence-corrected chi connectivity index (χ4v) is 9.32. The Morgan fingerprint density at radius 3 is 2.79 bits per heavy atom. The predicted octanol–water partition coefficient (Wildman–Crippen LogP) is 5.11. The lowest BCUT2D eigenvalue weighted by molar-refractivity contribution is -0.178. The first-order valence-corrected chi connectivity index (χ1v) is 11.9. The van der Waals surface area contributed by atoms with Gasteiger partial charge in [-0.1, -0.05) is 25.8 Å². The quantitative estimate of drug-likeness (QED) is 0.676. The topological polar surface area (TPSA) is 52.3 Å². The van der Waals surface area contributed by atoms with E-state index in [1.807, 2.05) is 0 Å². The SMILES string of the molecule is CCC1CC2=C(CCC(N)=C2)C2CC[C@@]3(CC)C(C4CC4[C@@]34CCC(=O)O4)C12. The molecule has 8 atom stereocenters. The molecule has 0 aromatic heterocycles. The minimum Gasteiger partial charge on any atom is -0.458 e. The first-order valence-electron chi connectivity index (χ1n) is 11.9. The molecule has 1 saturated heterocycles. The third-order valence-corrected chi connectivity index (χ3v) is 10.2. The molecule has 1 spiro atoms. The van der Waals surface area contributed by atoms with Crippen LogP contribution in [0.5, 0.6) is 0 Å². The number of hydrogen-bond acceptors (Lipinski definition) is 3. The van der Waals surface area contributed by atoms with Crippen LogP contribution in [0.25, 0.3) is 0 Å². The van der Waals surface area contributed by atoms with Crippen molar-refractivity contribution in [2.75, 3.05) is 0 Å². The largest absolute Gasteiger partial charge is 0.458 e. The minimum atomic E-state index is -0.108. The van der Waals surface area contributed by atoms with Gasteiger partial charge in [-0.05, 0) is 92.6 Å². The van der Waals surface area contributed by atoms with Crippen molar-refractivity contribution in [2.24, 2.45) is 46.7 Å². The monoisotopic (exact) mass is 381 g/mol. The lowest BCUT2D eigenvalue weighted by Gasteiger charge is -2.58. The first kappa shape index (κ1) is 17.6. The summed E-state index contributed by atoms with van der Waals surface area (Å²) in [5, 5.41) is 0. The van der Waals surface area contributed by atoms with Gasteiger partial charge in [0.15, 0.2) is 0 Å². The minimum absolute atomic E-state index is 0.0785. The third-order valence-electron chi connectivity index (χ3n) is 10.2. The van der Waals surface area contributed by atoms with Gasteiger partial charge in [-0.25, -0.2) is 0 Å². The highest BCUT2D eigenvalue weighted by Crippen LogP contribution is 2.79. The van der Waals surface area contributed by atoms with E-state index in [-0.39, 0.29) is 17.0 Å². The Morgan fingerprint density at radius 1 is 1.21 bits per heavy atom. The number of esters is 1. The van der Waals surface area contributed by atoms with E-state index in [0.717, 1.165) is 48.1 Å². The predicted molar refractivity (Wildman–Crippen MR) is 109 cm³/mol. The van der Waals surface area contributed by atoms with Crippen LogP contribution < -0.4 is 5.73 Å². The number of hydrogen-bond donors (Lipinski definition) is 1. The molecule has 0 amide bonds. The Morgan fingerprint density at radius 2 is 2.07 bits per heavy atom. The van der Waals surface area contributed by atoms with Gasteiger partial charge in [0.25, 0.3) is 0 Å². The molecule has 1 heterocycles. The van der Waals surface area contributed by atoms with Crippen molar-refractivity contribution in [1.29, 1.82) is 0 Å². The van der Waals surface area contributed by atoms with E-state index in [9.17, 15) is 4.79 Å². The molecule has 5 aliphatic carbocycles. The zero-order valence-corrected chi connectivity index (χ0v) is 17.5. The van der Waals surface area contributed by atoms with Crippen molar-refractivity contribution in [2.45, 2.75) is 83.7 Å². The van der Waals surface area contributed by atoms with E-state index < -0.39 is 0 Å². The van der Waals surface area contributed by atoms with Crippen LogP contribution in [0, 0.1) is 40.9 Å². The number of carbonyl (C=O) groups is 1. The molecule has 28 heavy (non-hydrogen) atoms. The standard InChI is InChI=1S/C25H35NO2/c1-3-14-11-15-12-16(26)5-6-17(15)18-7-9-24(4-2)23(22(14)18)19-13-20(19)25(24)10-8-21(27)28-25/h12,14,18-20,22-23H,3-11,13,26H2,1-2H3/t14?,18?,19?,20?,22?,23?,24-,25-/m0/s1. The van der Waals surface area contributed by atoms with E-state index in [0.29, 0.717) is 12.3 Å². The van der Waals surface area contributed by atoms with Gasteiger partial charge in [-0.2, -0.15) is 0 Å². The summed E-state index contributed by atoms with van der Waals surface area (Å²) in [6.07, 6.45) is 13.8. The van der Waals surface area contributed by atoms with Crippen molar-refractivity contribution in [3.05, 3.63) is 22.9 Å². The van der Waals surface area contributed by atoms with Crippen LogP contribution in [0.4, 0.5) is 0 Å². The fourth-order valence-electron chi connectivity index (χ4n) is 9.32. The van der Waals surface area contributed by atoms with Gasteiger partial charge >= 0.3 is 5.97 Å². The summed E-state index contributed by atoms with van der Waals surface area (Å²) in [6.45, 7) is 4.79. The fraction of sp³-hybridized carbons (Fsp3) is 0.800. The van der Waals surface area contributed by atoms with E-state index >= 15 is 0 Å². The lowest BCUT2D eigenvalue weighted by atomic mass is 9.47. The van der Waals surface area contributed by atoms with E-state index in [4.69, 9.17) is 10.5 Å². The lowest BCUT2D eigenvalue weighted by Crippen LogP contribution is -2.56. The van der Waals surface area contributed by atoms with E-state index in [1.165, 1.54) is 44.9 Å². The normalized spacial score (nSPS) is 51.2. The Hall–Kier alpha value is -1.25. The van der Waals surface area contributed by atoms with Crippen molar-refractivity contribution in [3.63, 3.8) is 0 Å². The molecule has 6 aliphatic rings. The van der Waals surface area contributed by atoms with Crippen LogP contribution in [0.3, 0.4) is 0 Å². The van der Waals surface area contributed by atoms with Crippen LogP contribution in [0.15, 0.2) is 22.9 Å². The smallest absolute Gasteiger partial charge is 0.306 e. The summed E-state index contributed by atoms with van der Waals surface area (Å²) in [6, 6.07) is 0. The average molecular weight is 382 g/mol. The molecular formula is C25H35NO2. The number of fused-ring (bicyclic) bond motifs is 8. The second kappa shape index (κ2) is 5.67. The van der Waals surface area contributed by atoms with Gasteiger partial charge in [0, 0.05) is 23.5 Å². The van der Waals surface area contributed by atoms with Crippen LogP contribution in [-0.4, -0.2) is 11.6 Å². The molecule has 3 nitrogen and oxygen atoms in total. The maximum atomic E-state index is 12.3. The maximum Gasteiger partial charge on any atom is 0.306 e. The molecule has 152 valence electrons. The number of ether oxygens (including phenoxy) is 1. The van der Waals surface area contributed by atoms with Gasteiger partial charge in [-0.3, -0.25) is 4.79 Å². The van der Waals surface area contributed by atoms with E-state index in [2.05, 4.69) is 19.9 Å². The van der Waals surface area contributed by atoms with Crippen LogP contribution in [0.2, 0.25) is 0 Å². The maximum absolute atomic E-state index is 12.3. The second-order valence-electron chi connectivity index (χ2n) is 10.8. The third kappa shape index (κ3) is 1.94. The summed E-state index contributed by atoms with van der Waals surface area (Å²) in [5.74, 6) is 4.67. The van der Waals surface area contributed by atoms with Crippen molar-refractivity contribution in [3.8, 4) is 0 Å². The highest BCUT2D eigenvalue weighted by Gasteiger charge is 2.79. The zero-order chi connectivity index (χ0) is 19.3. The number of rotatable bonds is 2. The molecule has 0 radical (unpaired) electrons. The summed E-state index contributed by atoms with van der Waals surface area (Å²) in [4.78, 5) is 12.3. The molecule has 3 saturated carbocycles. The highest BCUT2D eigenvalue weighted by molar-refractivity contribution is 5.73. The molecule has 0 aromatic carbocycles. The molecule has 6 rings (SSSR count). The highest BCUT2D eigenvalue weighted by atomic mass is 16.6. The van der Waals surface area contributed by atoms with Gasteiger partial charge in [0.05, 0.1) is 0 Å². The summed E-state index contributed by atoms with van der Waals surface area (Å²) in [5.41, 5.74) is 10.8. The van der Waals surface area contributed by atoms with Crippen molar-refractivity contribution in [1.82, 2.24) is 0 Å². The number of allylic oxidation sites excluding steroid dienone is 4. The Labute approximate surface area is 169 Å². The first-order chi connectivity index (χ1) is 13.5. The Balaban J connectivity index is 1.45. The Bertz CT molecular complexity index is 796. The number of carbonyl (C=O) groups excluding carboxylic acids is 1.